The molecule has 30 heavy (non-hydrogen) atoms. The van der Waals surface area contributed by atoms with E-state index in [1.807, 2.05) is 6.92 Å². The molecule has 1 atom stereocenters. The topological polar surface area (TPSA) is 105 Å². The molecule has 0 spiro atoms. The quantitative estimate of drug-likeness (QED) is 0.427. The lowest BCUT2D eigenvalue weighted by Crippen LogP contribution is -2.25. The van der Waals surface area contributed by atoms with Crippen molar-refractivity contribution in [3.05, 3.63) is 35.5 Å². The van der Waals surface area contributed by atoms with Gasteiger partial charge in [0.2, 0.25) is 0 Å². The number of methoxy groups -OCH3 is 1. The zero-order chi connectivity index (χ0) is 21.5. The monoisotopic (exact) mass is 434 g/mol. The molecule has 0 saturated heterocycles. The van der Waals surface area contributed by atoms with Crippen LogP contribution in [0.15, 0.2) is 24.7 Å². The molecule has 0 aliphatic heterocycles. The summed E-state index contributed by atoms with van der Waals surface area (Å²) in [6, 6.07) is 1.81. The summed E-state index contributed by atoms with van der Waals surface area (Å²) < 4.78 is 18.9. The molecule has 160 valence electrons. The summed E-state index contributed by atoms with van der Waals surface area (Å²) in [6.07, 6.45) is 7.28. The number of nitrogens with zero attached hydrogens (tertiary/aromatic N) is 3. The Labute approximate surface area is 178 Å². The summed E-state index contributed by atoms with van der Waals surface area (Å²) in [6.45, 7) is 2.56. The maximum Gasteiger partial charge on any atom is 0.406 e. The predicted octanol–water partition coefficient (Wildman–Crippen LogP) is 4.53. The van der Waals surface area contributed by atoms with E-state index < -0.39 is 11.9 Å². The van der Waals surface area contributed by atoms with Crippen molar-refractivity contribution in [1.29, 1.82) is 0 Å². The SMILES string of the molecule is CCC(CCCCNC(=O)OC)Nc1nc(-c2c[nH]c3ncc(Cl)cc23)ncc1F. The van der Waals surface area contributed by atoms with Gasteiger partial charge in [-0.3, -0.25) is 0 Å². The van der Waals surface area contributed by atoms with E-state index in [-0.39, 0.29) is 11.9 Å². The molecular formula is C20H24ClFN6O2. The molecular weight excluding hydrogens is 411 g/mol. The van der Waals surface area contributed by atoms with Crippen molar-refractivity contribution in [3.8, 4) is 11.4 Å². The molecule has 0 aromatic carbocycles. The number of amides is 1. The van der Waals surface area contributed by atoms with Crippen LogP contribution in [0, 0.1) is 5.82 Å². The minimum Gasteiger partial charge on any atom is -0.453 e. The predicted molar refractivity (Wildman–Crippen MR) is 114 cm³/mol. The van der Waals surface area contributed by atoms with E-state index in [2.05, 4.69) is 35.3 Å². The van der Waals surface area contributed by atoms with E-state index in [9.17, 15) is 9.18 Å². The van der Waals surface area contributed by atoms with Crippen LogP contribution < -0.4 is 10.6 Å². The van der Waals surface area contributed by atoms with Gasteiger partial charge in [0.1, 0.15) is 5.65 Å². The van der Waals surface area contributed by atoms with E-state index in [1.54, 1.807) is 18.5 Å². The smallest absolute Gasteiger partial charge is 0.406 e. The van der Waals surface area contributed by atoms with Gasteiger partial charge in [0.05, 0.1) is 18.3 Å². The van der Waals surface area contributed by atoms with Gasteiger partial charge in [-0.05, 0) is 31.7 Å². The largest absolute Gasteiger partial charge is 0.453 e. The fourth-order valence-corrected chi connectivity index (χ4v) is 3.27. The minimum absolute atomic E-state index is 0.0412. The number of carbonyl (C=O) groups is 1. The van der Waals surface area contributed by atoms with Crippen LogP contribution in [-0.4, -0.2) is 45.7 Å². The zero-order valence-corrected chi connectivity index (χ0v) is 17.6. The average Bonchev–Trinajstić information content (AvgIpc) is 3.16. The number of fused-ring (bicyclic) bond motifs is 1. The van der Waals surface area contributed by atoms with Gasteiger partial charge < -0.3 is 20.4 Å². The third-order valence-corrected chi connectivity index (χ3v) is 4.96. The first-order valence-electron chi connectivity index (χ1n) is 9.75. The van der Waals surface area contributed by atoms with Crippen LogP contribution in [0.4, 0.5) is 15.0 Å². The Kier molecular flexibility index (Phi) is 7.40. The van der Waals surface area contributed by atoms with Crippen LogP contribution in [0.2, 0.25) is 5.02 Å². The van der Waals surface area contributed by atoms with Crippen molar-refractivity contribution in [3.63, 3.8) is 0 Å². The van der Waals surface area contributed by atoms with Crippen molar-refractivity contribution in [2.24, 2.45) is 0 Å². The molecule has 3 rings (SSSR count). The third-order valence-electron chi connectivity index (χ3n) is 4.75. The maximum absolute atomic E-state index is 14.4. The maximum atomic E-state index is 14.4. The molecule has 0 fully saturated rings. The Morgan fingerprint density at radius 2 is 2.17 bits per heavy atom. The van der Waals surface area contributed by atoms with E-state index in [0.717, 1.165) is 37.3 Å². The Hall–Kier alpha value is -2.94. The number of H-pyrrole nitrogens is 1. The van der Waals surface area contributed by atoms with E-state index in [1.165, 1.54) is 7.11 Å². The number of anilines is 1. The lowest BCUT2D eigenvalue weighted by Gasteiger charge is -2.18. The lowest BCUT2D eigenvalue weighted by atomic mass is 10.1. The highest BCUT2D eigenvalue weighted by Crippen LogP contribution is 2.28. The first-order valence-corrected chi connectivity index (χ1v) is 10.1. The minimum atomic E-state index is -0.513. The first kappa shape index (κ1) is 21.8. The summed E-state index contributed by atoms with van der Waals surface area (Å²) in [5, 5.41) is 7.09. The van der Waals surface area contributed by atoms with Crippen LogP contribution in [0.1, 0.15) is 32.6 Å². The molecule has 0 radical (unpaired) electrons. The number of nitrogens with one attached hydrogen (secondary N) is 3. The summed E-state index contributed by atoms with van der Waals surface area (Å²) in [5.41, 5.74) is 1.36. The van der Waals surface area contributed by atoms with Gasteiger partial charge in [-0.2, -0.15) is 0 Å². The first-order chi connectivity index (χ1) is 14.5. The Balaban J connectivity index is 1.68. The number of alkyl carbamates (subject to hydrolysis) is 1. The normalized spacial score (nSPS) is 12.0. The molecule has 0 saturated carbocycles. The number of aromatic nitrogens is 4. The molecule has 0 bridgehead atoms. The number of halogens is 2. The molecule has 3 aromatic heterocycles. The highest BCUT2D eigenvalue weighted by atomic mass is 35.5. The Morgan fingerprint density at radius 3 is 2.93 bits per heavy atom. The van der Waals surface area contributed by atoms with Gasteiger partial charge in [-0.15, -0.1) is 0 Å². The molecule has 1 amide bonds. The highest BCUT2D eigenvalue weighted by Gasteiger charge is 2.16. The summed E-state index contributed by atoms with van der Waals surface area (Å²) in [7, 11) is 1.33. The van der Waals surface area contributed by atoms with Crippen LogP contribution in [0.5, 0.6) is 0 Å². The summed E-state index contributed by atoms with van der Waals surface area (Å²) >= 11 is 6.06. The fourth-order valence-electron chi connectivity index (χ4n) is 3.11. The van der Waals surface area contributed by atoms with Crippen LogP contribution in [-0.2, 0) is 4.74 Å². The Morgan fingerprint density at radius 1 is 1.33 bits per heavy atom. The van der Waals surface area contributed by atoms with Crippen LogP contribution in [0.3, 0.4) is 0 Å². The number of pyridine rings is 1. The lowest BCUT2D eigenvalue weighted by molar-refractivity contribution is 0.171. The number of carbonyl (C=O) groups excluding carboxylic acids is 1. The summed E-state index contributed by atoms with van der Waals surface area (Å²) in [4.78, 5) is 26.9. The standard InChI is InChI=1S/C20H24ClFN6O2/c1-3-13(6-4-5-7-23-20(29)30-2)27-19-16(22)11-26-18(28-19)15-10-25-17-14(15)8-12(21)9-24-17/h8-11,13H,3-7H2,1-2H3,(H,23,29)(H,24,25)(H,26,27,28). The van der Waals surface area contributed by atoms with Crippen molar-refractivity contribution >= 4 is 34.5 Å². The molecule has 1 unspecified atom stereocenters. The molecule has 3 heterocycles. The number of ether oxygens (including phenoxy) is 1. The van der Waals surface area contributed by atoms with Crippen molar-refractivity contribution in [1.82, 2.24) is 25.3 Å². The average molecular weight is 435 g/mol. The van der Waals surface area contributed by atoms with Crippen LogP contribution in [0.25, 0.3) is 22.4 Å². The fraction of sp³-hybridized carbons (Fsp3) is 0.400. The number of hydrogen-bond donors (Lipinski definition) is 3. The van der Waals surface area contributed by atoms with E-state index >= 15 is 0 Å². The van der Waals surface area contributed by atoms with Crippen LogP contribution >= 0.6 is 11.6 Å². The van der Waals surface area contributed by atoms with E-state index in [0.29, 0.717) is 28.6 Å². The van der Waals surface area contributed by atoms with Gasteiger partial charge in [-0.1, -0.05) is 18.5 Å². The van der Waals surface area contributed by atoms with Crippen molar-refractivity contribution < 1.29 is 13.9 Å². The Bertz CT molecular complexity index is 1010. The molecule has 0 aliphatic carbocycles. The second-order valence-corrected chi connectivity index (χ2v) is 7.24. The van der Waals surface area contributed by atoms with Gasteiger partial charge in [0.15, 0.2) is 17.5 Å². The van der Waals surface area contributed by atoms with Gasteiger partial charge in [0, 0.05) is 35.9 Å². The second-order valence-electron chi connectivity index (χ2n) is 6.81. The molecule has 0 aliphatic rings. The van der Waals surface area contributed by atoms with Gasteiger partial charge >= 0.3 is 6.09 Å². The van der Waals surface area contributed by atoms with Gasteiger partial charge in [-0.25, -0.2) is 24.1 Å². The zero-order valence-electron chi connectivity index (χ0n) is 16.8. The third kappa shape index (κ3) is 5.35. The van der Waals surface area contributed by atoms with Crippen molar-refractivity contribution in [2.75, 3.05) is 19.0 Å². The summed E-state index contributed by atoms with van der Waals surface area (Å²) in [5.74, 6) is 0.0239. The highest BCUT2D eigenvalue weighted by molar-refractivity contribution is 6.31. The number of rotatable bonds is 9. The second kappa shape index (κ2) is 10.2. The van der Waals surface area contributed by atoms with E-state index in [4.69, 9.17) is 11.6 Å². The number of hydrogen-bond acceptors (Lipinski definition) is 6. The van der Waals surface area contributed by atoms with Gasteiger partial charge in [0.25, 0.3) is 0 Å². The molecule has 8 nitrogen and oxygen atoms in total. The number of unbranched alkanes of at least 4 members (excludes halogenated alkanes) is 1. The van der Waals surface area contributed by atoms with Crippen molar-refractivity contribution in [2.45, 2.75) is 38.6 Å². The number of aromatic amines is 1. The molecule has 3 N–H and O–H groups in total. The molecule has 10 heteroatoms. The molecule has 3 aromatic rings.